The van der Waals surface area contributed by atoms with Crippen molar-refractivity contribution < 1.29 is 18.0 Å². The number of benzene rings is 1. The molecule has 0 fully saturated rings. The van der Waals surface area contributed by atoms with Crippen molar-refractivity contribution in [3.05, 3.63) is 46.3 Å². The van der Waals surface area contributed by atoms with Crippen LogP contribution >= 0.6 is 22.9 Å². The zero-order valence-corrected chi connectivity index (χ0v) is 13.7. The average Bonchev–Trinajstić information content (AvgIpc) is 2.95. The molecule has 1 aromatic heterocycles. The number of halogens is 4. The molecule has 1 aromatic carbocycles. The summed E-state index contributed by atoms with van der Waals surface area (Å²) < 4.78 is 38.3. The zero-order valence-electron chi connectivity index (χ0n) is 12.1. The predicted octanol–water partition coefficient (Wildman–Crippen LogP) is 3.72. The molecule has 0 saturated carbocycles. The number of nitrogens with one attached hydrogen (secondary N) is 1. The molecule has 4 nitrogen and oxygen atoms in total. The number of carbonyl (C=O) groups is 1. The second kappa shape index (κ2) is 6.45. The van der Waals surface area contributed by atoms with E-state index in [0.717, 1.165) is 10.4 Å². The van der Waals surface area contributed by atoms with Crippen molar-refractivity contribution in [1.82, 2.24) is 10.4 Å². The van der Waals surface area contributed by atoms with Crippen LogP contribution < -0.4 is 5.43 Å². The Balaban J connectivity index is 1.85. The molecule has 0 saturated heterocycles. The molecular formula is C15H11ClF3N3OS. The minimum Gasteiger partial charge on any atom is -0.279 e. The first kappa shape index (κ1) is 16.8. The van der Waals surface area contributed by atoms with Crippen molar-refractivity contribution in [1.29, 1.82) is 0 Å². The van der Waals surface area contributed by atoms with E-state index < -0.39 is 18.6 Å². The summed E-state index contributed by atoms with van der Waals surface area (Å²) in [4.78, 5) is 16.5. The molecule has 3 rings (SSSR count). The Morgan fingerprint density at radius 1 is 1.25 bits per heavy atom. The van der Waals surface area contributed by atoms with E-state index in [1.807, 2.05) is 12.1 Å². The summed E-state index contributed by atoms with van der Waals surface area (Å²) >= 11 is 7.32. The maximum absolute atomic E-state index is 12.5. The molecule has 0 bridgehead atoms. The van der Waals surface area contributed by atoms with Crippen LogP contribution in [0.3, 0.4) is 0 Å². The lowest BCUT2D eigenvalue weighted by molar-refractivity contribution is -0.164. The second-order valence-electron chi connectivity index (χ2n) is 5.06. The molecule has 1 aliphatic rings. The number of nitrogens with zero attached hydrogens (tertiary/aromatic N) is 2. The molecule has 0 atom stereocenters. The lowest BCUT2D eigenvalue weighted by Crippen LogP contribution is -2.54. The highest BCUT2D eigenvalue weighted by Crippen LogP contribution is 2.31. The summed E-state index contributed by atoms with van der Waals surface area (Å²) in [5.74, 6) is -0.499. The highest BCUT2D eigenvalue weighted by atomic mass is 35.5. The van der Waals surface area contributed by atoms with Gasteiger partial charge in [-0.1, -0.05) is 29.8 Å². The fourth-order valence-electron chi connectivity index (χ4n) is 2.21. The van der Waals surface area contributed by atoms with E-state index in [2.05, 4.69) is 10.4 Å². The Morgan fingerprint density at radius 2 is 2.00 bits per heavy atom. The smallest absolute Gasteiger partial charge is 0.279 e. The molecule has 2 aromatic rings. The lowest BCUT2D eigenvalue weighted by atomic mass is 10.1. The molecule has 0 radical (unpaired) electrons. The van der Waals surface area contributed by atoms with Crippen LogP contribution in [0.4, 0.5) is 13.2 Å². The Morgan fingerprint density at radius 3 is 2.67 bits per heavy atom. The Hall–Kier alpha value is -2.06. The van der Waals surface area contributed by atoms with Crippen LogP contribution in [0.5, 0.6) is 0 Å². The molecule has 1 N–H and O–H groups in total. The molecule has 1 amide bonds. The highest BCUT2D eigenvalue weighted by molar-refractivity contribution is 7.19. The van der Waals surface area contributed by atoms with Gasteiger partial charge in [0.15, 0.2) is 0 Å². The zero-order chi connectivity index (χ0) is 17.3. The minimum absolute atomic E-state index is 0.225. The van der Waals surface area contributed by atoms with Gasteiger partial charge in [0.2, 0.25) is 0 Å². The van der Waals surface area contributed by atoms with E-state index in [1.165, 1.54) is 11.3 Å². The minimum atomic E-state index is -4.49. The van der Waals surface area contributed by atoms with Gasteiger partial charge in [-0.05, 0) is 23.8 Å². The molecule has 9 heteroatoms. The number of aliphatic imine (C=N–C) groups is 1. The van der Waals surface area contributed by atoms with Crippen molar-refractivity contribution in [2.24, 2.45) is 4.99 Å². The highest BCUT2D eigenvalue weighted by Gasteiger charge is 2.35. The third-order valence-electron chi connectivity index (χ3n) is 3.25. The number of hydrazine groups is 1. The van der Waals surface area contributed by atoms with Gasteiger partial charge in [-0.3, -0.25) is 15.2 Å². The molecule has 1 aliphatic heterocycles. The maximum Gasteiger partial charge on any atom is 0.408 e. The van der Waals surface area contributed by atoms with Gasteiger partial charge in [-0.2, -0.15) is 13.2 Å². The second-order valence-corrected chi connectivity index (χ2v) is 6.77. The quantitative estimate of drug-likeness (QED) is 0.891. The predicted molar refractivity (Wildman–Crippen MR) is 87.1 cm³/mol. The fourth-order valence-corrected chi connectivity index (χ4v) is 3.25. The van der Waals surface area contributed by atoms with Gasteiger partial charge in [0, 0.05) is 10.4 Å². The SMILES string of the molecule is O=C1CN=C(c2cccc(-c3ccc(Cl)s3)c2)NN1CC(F)(F)F. The maximum atomic E-state index is 12.5. The molecule has 0 unspecified atom stereocenters. The molecule has 0 spiro atoms. The van der Waals surface area contributed by atoms with Gasteiger partial charge in [-0.15, -0.1) is 11.3 Å². The molecule has 0 aliphatic carbocycles. The molecule has 24 heavy (non-hydrogen) atoms. The lowest BCUT2D eigenvalue weighted by Gasteiger charge is -2.29. The summed E-state index contributed by atoms with van der Waals surface area (Å²) in [5.41, 5.74) is 3.91. The standard InChI is InChI=1S/C15H11ClF3N3OS/c16-12-5-4-11(24-12)9-2-1-3-10(6-9)14-20-7-13(23)22(21-14)8-15(17,18)19/h1-6H,7-8H2,(H,20,21). The first-order valence-corrected chi connectivity index (χ1v) is 8.06. The number of carbonyl (C=O) groups excluding carboxylic acids is 1. The van der Waals surface area contributed by atoms with E-state index in [-0.39, 0.29) is 12.4 Å². The van der Waals surface area contributed by atoms with Gasteiger partial charge in [0.05, 0.1) is 4.34 Å². The van der Waals surface area contributed by atoms with Gasteiger partial charge < -0.3 is 0 Å². The van der Waals surface area contributed by atoms with E-state index in [4.69, 9.17) is 11.6 Å². The molecule has 126 valence electrons. The number of thiophene rings is 1. The number of rotatable bonds is 3. The van der Waals surface area contributed by atoms with E-state index >= 15 is 0 Å². The van der Waals surface area contributed by atoms with Gasteiger partial charge >= 0.3 is 6.18 Å². The van der Waals surface area contributed by atoms with Crippen molar-refractivity contribution in [2.75, 3.05) is 13.1 Å². The first-order valence-electron chi connectivity index (χ1n) is 6.86. The summed E-state index contributed by atoms with van der Waals surface area (Å²) in [6.07, 6.45) is -4.49. The van der Waals surface area contributed by atoms with Crippen LogP contribution in [-0.4, -0.2) is 36.0 Å². The summed E-state index contributed by atoms with van der Waals surface area (Å²) in [7, 11) is 0. The third-order valence-corrected chi connectivity index (χ3v) is 4.53. The fraction of sp³-hybridized carbons (Fsp3) is 0.200. The van der Waals surface area contributed by atoms with Crippen molar-refractivity contribution >= 4 is 34.7 Å². The number of amidine groups is 1. The van der Waals surface area contributed by atoms with Crippen molar-refractivity contribution in [2.45, 2.75) is 6.18 Å². The van der Waals surface area contributed by atoms with E-state index in [9.17, 15) is 18.0 Å². The van der Waals surface area contributed by atoms with E-state index in [0.29, 0.717) is 14.9 Å². The number of alkyl halides is 3. The largest absolute Gasteiger partial charge is 0.408 e. The topological polar surface area (TPSA) is 44.7 Å². The van der Waals surface area contributed by atoms with Crippen molar-refractivity contribution in [3.8, 4) is 10.4 Å². The Kier molecular flexibility index (Phi) is 4.51. The normalized spacial score (nSPS) is 15.2. The van der Waals surface area contributed by atoms with E-state index in [1.54, 1.807) is 24.3 Å². The van der Waals surface area contributed by atoms with Crippen LogP contribution in [0, 0.1) is 0 Å². The monoisotopic (exact) mass is 373 g/mol. The number of hydrogen-bond donors (Lipinski definition) is 1. The Labute approximate surface area is 144 Å². The van der Waals surface area contributed by atoms with Crippen LogP contribution in [-0.2, 0) is 4.79 Å². The number of amides is 1. The first-order chi connectivity index (χ1) is 11.3. The van der Waals surface area contributed by atoms with Crippen LogP contribution in [0.15, 0.2) is 41.4 Å². The van der Waals surface area contributed by atoms with Gasteiger partial charge in [0.1, 0.15) is 18.9 Å². The summed E-state index contributed by atoms with van der Waals surface area (Å²) in [6.45, 7) is -1.70. The van der Waals surface area contributed by atoms with Crippen LogP contribution in [0.25, 0.3) is 10.4 Å². The van der Waals surface area contributed by atoms with Crippen LogP contribution in [0.2, 0.25) is 4.34 Å². The van der Waals surface area contributed by atoms with Gasteiger partial charge in [0.25, 0.3) is 5.91 Å². The third kappa shape index (κ3) is 3.88. The average molecular weight is 374 g/mol. The summed E-state index contributed by atoms with van der Waals surface area (Å²) in [6, 6.07) is 10.8. The number of hydrogen-bond acceptors (Lipinski definition) is 4. The molecule has 2 heterocycles. The van der Waals surface area contributed by atoms with Crippen LogP contribution in [0.1, 0.15) is 5.56 Å². The van der Waals surface area contributed by atoms with Gasteiger partial charge in [-0.25, -0.2) is 5.01 Å². The van der Waals surface area contributed by atoms with Crippen molar-refractivity contribution in [3.63, 3.8) is 0 Å². The molecular weight excluding hydrogens is 363 g/mol. The Bertz CT molecular complexity index is 803. The summed E-state index contributed by atoms with van der Waals surface area (Å²) in [5, 5.41) is 0.539.